The molecular weight excluding hydrogens is 391 g/mol. The fourth-order valence-electron chi connectivity index (χ4n) is 3.15. The van der Waals surface area contributed by atoms with Crippen LogP contribution in [-0.4, -0.2) is 53.2 Å². The summed E-state index contributed by atoms with van der Waals surface area (Å²) in [5, 5.41) is 6.49. The Labute approximate surface area is 172 Å². The van der Waals surface area contributed by atoms with Gasteiger partial charge in [0.2, 0.25) is 0 Å². The van der Waals surface area contributed by atoms with Gasteiger partial charge < -0.3 is 15.5 Å². The molecule has 1 atom stereocenters. The number of nitrogens with one attached hydrogen (secondary N) is 2. The average molecular weight is 421 g/mol. The van der Waals surface area contributed by atoms with Gasteiger partial charge in [-0.2, -0.15) is 0 Å². The summed E-state index contributed by atoms with van der Waals surface area (Å²) in [6.07, 6.45) is 1.21. The van der Waals surface area contributed by atoms with E-state index in [-0.39, 0.29) is 11.9 Å². The number of rotatable bonds is 7. The Morgan fingerprint density at radius 2 is 1.90 bits per heavy atom. The Balaban J connectivity index is 2.01. The molecule has 6 nitrogen and oxygen atoms in total. The van der Waals surface area contributed by atoms with Gasteiger partial charge >= 0.3 is 0 Å². The van der Waals surface area contributed by atoms with E-state index in [1.54, 1.807) is 32.2 Å². The molecule has 0 aliphatic carbocycles. The lowest BCUT2D eigenvalue weighted by Crippen LogP contribution is -2.41. The third-order valence-electron chi connectivity index (χ3n) is 4.64. The molecule has 0 radical (unpaired) electrons. The number of benzene rings is 2. The molecule has 0 aliphatic rings. The minimum absolute atomic E-state index is 0.0273. The maximum atomic E-state index is 13.6. The quantitative estimate of drug-likeness (QED) is 0.532. The minimum atomic E-state index is -3.23. The van der Waals surface area contributed by atoms with Crippen LogP contribution in [0, 0.1) is 12.7 Å². The summed E-state index contributed by atoms with van der Waals surface area (Å²) >= 11 is 0. The fourth-order valence-corrected chi connectivity index (χ4v) is 4.11. The van der Waals surface area contributed by atoms with Crippen molar-refractivity contribution in [2.75, 3.05) is 33.9 Å². The van der Waals surface area contributed by atoms with E-state index in [2.05, 4.69) is 15.6 Å². The van der Waals surface area contributed by atoms with E-state index < -0.39 is 9.84 Å². The maximum absolute atomic E-state index is 13.6. The van der Waals surface area contributed by atoms with Crippen molar-refractivity contribution in [2.45, 2.75) is 24.4 Å². The van der Waals surface area contributed by atoms with Crippen molar-refractivity contribution in [1.82, 2.24) is 15.5 Å². The van der Waals surface area contributed by atoms with E-state index >= 15 is 0 Å². The van der Waals surface area contributed by atoms with Crippen LogP contribution in [0.4, 0.5) is 4.39 Å². The molecule has 29 heavy (non-hydrogen) atoms. The fraction of sp³-hybridized carbons (Fsp3) is 0.381. The zero-order valence-corrected chi connectivity index (χ0v) is 18.3. The van der Waals surface area contributed by atoms with Gasteiger partial charge in [-0.25, -0.2) is 12.8 Å². The molecule has 0 fully saturated rings. The Morgan fingerprint density at radius 3 is 2.45 bits per heavy atom. The van der Waals surface area contributed by atoms with Gasteiger partial charge in [-0.1, -0.05) is 24.3 Å². The van der Waals surface area contributed by atoms with E-state index in [1.807, 2.05) is 31.1 Å². The summed E-state index contributed by atoms with van der Waals surface area (Å²) in [6.45, 7) is 2.83. The van der Waals surface area contributed by atoms with E-state index in [0.29, 0.717) is 29.5 Å². The predicted molar refractivity (Wildman–Crippen MR) is 115 cm³/mol. The molecule has 0 spiro atoms. The average Bonchev–Trinajstić information content (AvgIpc) is 2.63. The van der Waals surface area contributed by atoms with Crippen molar-refractivity contribution < 1.29 is 12.8 Å². The number of aliphatic imine (C=N–C) groups is 1. The van der Waals surface area contributed by atoms with Gasteiger partial charge in [-0.3, -0.25) is 4.99 Å². The van der Waals surface area contributed by atoms with Crippen molar-refractivity contribution in [2.24, 2.45) is 4.99 Å². The highest BCUT2D eigenvalue weighted by Gasteiger charge is 2.15. The third kappa shape index (κ3) is 6.54. The van der Waals surface area contributed by atoms with E-state index in [9.17, 15) is 12.8 Å². The first-order valence-electron chi connectivity index (χ1n) is 9.28. The summed E-state index contributed by atoms with van der Waals surface area (Å²) in [5.41, 5.74) is 2.55. The molecule has 1 unspecified atom stereocenters. The van der Waals surface area contributed by atoms with E-state index in [4.69, 9.17) is 0 Å². The maximum Gasteiger partial charge on any atom is 0.191 e. The van der Waals surface area contributed by atoms with Crippen molar-refractivity contribution in [3.05, 3.63) is 65.0 Å². The molecule has 0 aromatic heterocycles. The van der Waals surface area contributed by atoms with Gasteiger partial charge in [0.25, 0.3) is 0 Å². The normalized spacial score (nSPS) is 13.4. The Hall–Kier alpha value is -2.45. The molecule has 0 aliphatic heterocycles. The second-order valence-corrected chi connectivity index (χ2v) is 9.20. The number of aryl methyl sites for hydroxylation is 1. The summed E-state index contributed by atoms with van der Waals surface area (Å²) in [6, 6.07) is 11.8. The Bertz CT molecular complexity index is 974. The SMILES string of the molecule is CN=C(NCc1ccc(S(C)(=O)=O)c(C)c1)NCC(c1cccc(F)c1)N(C)C. The minimum Gasteiger partial charge on any atom is -0.354 e. The first-order chi connectivity index (χ1) is 13.6. The van der Waals surface area contributed by atoms with Crippen LogP contribution >= 0.6 is 0 Å². The first-order valence-corrected chi connectivity index (χ1v) is 11.2. The molecule has 2 aromatic carbocycles. The Morgan fingerprint density at radius 1 is 1.17 bits per heavy atom. The van der Waals surface area contributed by atoms with Crippen molar-refractivity contribution in [3.8, 4) is 0 Å². The van der Waals surface area contributed by atoms with Gasteiger partial charge in [0.05, 0.1) is 10.9 Å². The highest BCUT2D eigenvalue weighted by Crippen LogP contribution is 2.18. The van der Waals surface area contributed by atoms with E-state index in [1.165, 1.54) is 18.4 Å². The van der Waals surface area contributed by atoms with Crippen LogP contribution in [-0.2, 0) is 16.4 Å². The van der Waals surface area contributed by atoms with Crippen molar-refractivity contribution in [3.63, 3.8) is 0 Å². The van der Waals surface area contributed by atoms with Crippen LogP contribution in [0.1, 0.15) is 22.7 Å². The van der Waals surface area contributed by atoms with Gasteiger partial charge in [0.15, 0.2) is 15.8 Å². The zero-order chi connectivity index (χ0) is 21.6. The summed E-state index contributed by atoms with van der Waals surface area (Å²) in [7, 11) is 2.34. The first kappa shape index (κ1) is 22.8. The predicted octanol–water partition coefficient (Wildman–Crippen LogP) is 2.51. The van der Waals surface area contributed by atoms with Crippen LogP contribution in [0.15, 0.2) is 52.4 Å². The molecule has 158 valence electrons. The second-order valence-electron chi connectivity index (χ2n) is 7.21. The van der Waals surface area contributed by atoms with Crippen LogP contribution in [0.2, 0.25) is 0 Å². The second kappa shape index (κ2) is 9.84. The number of sulfone groups is 1. The molecule has 2 rings (SSSR count). The number of hydrogen-bond donors (Lipinski definition) is 2. The molecular formula is C21H29FN4O2S. The molecule has 0 saturated carbocycles. The summed E-state index contributed by atoms with van der Waals surface area (Å²) in [4.78, 5) is 6.59. The lowest BCUT2D eigenvalue weighted by Gasteiger charge is -2.26. The molecule has 2 N–H and O–H groups in total. The van der Waals surface area contributed by atoms with E-state index in [0.717, 1.165) is 11.1 Å². The molecule has 0 saturated heterocycles. The van der Waals surface area contributed by atoms with Crippen LogP contribution in [0.3, 0.4) is 0 Å². The third-order valence-corrected chi connectivity index (χ3v) is 5.90. The van der Waals surface area contributed by atoms with Crippen LogP contribution in [0.25, 0.3) is 0 Å². The number of nitrogens with zero attached hydrogens (tertiary/aromatic N) is 2. The van der Waals surface area contributed by atoms with Gasteiger partial charge in [0, 0.05) is 26.4 Å². The molecule has 8 heteroatoms. The Kier molecular flexibility index (Phi) is 7.75. The molecule has 0 bridgehead atoms. The van der Waals surface area contributed by atoms with Gasteiger partial charge in [0.1, 0.15) is 5.82 Å². The monoisotopic (exact) mass is 420 g/mol. The van der Waals surface area contributed by atoms with Crippen molar-refractivity contribution in [1.29, 1.82) is 0 Å². The van der Waals surface area contributed by atoms with Crippen LogP contribution < -0.4 is 10.6 Å². The standard InChI is InChI=1S/C21H29FN4O2S/c1-15-11-16(9-10-20(15)29(5,27)28)13-24-21(23-2)25-14-19(26(3)4)17-7-6-8-18(22)12-17/h6-12,19H,13-14H2,1-5H3,(H2,23,24,25). The van der Waals surface area contributed by atoms with Crippen LogP contribution in [0.5, 0.6) is 0 Å². The van der Waals surface area contributed by atoms with Gasteiger partial charge in [-0.05, 0) is 55.9 Å². The molecule has 0 heterocycles. The van der Waals surface area contributed by atoms with Crippen molar-refractivity contribution >= 4 is 15.8 Å². The largest absolute Gasteiger partial charge is 0.354 e. The molecule has 2 aromatic rings. The summed E-state index contributed by atoms with van der Waals surface area (Å²) < 4.78 is 37.1. The number of likely N-dealkylation sites (N-methyl/N-ethyl adjacent to an activating group) is 1. The topological polar surface area (TPSA) is 73.8 Å². The van der Waals surface area contributed by atoms with Gasteiger partial charge in [-0.15, -0.1) is 0 Å². The lowest BCUT2D eigenvalue weighted by molar-refractivity contribution is 0.297. The zero-order valence-electron chi connectivity index (χ0n) is 17.5. The smallest absolute Gasteiger partial charge is 0.191 e. The number of guanidine groups is 1. The highest BCUT2D eigenvalue weighted by atomic mass is 32.2. The highest BCUT2D eigenvalue weighted by molar-refractivity contribution is 7.90. The molecule has 0 amide bonds. The number of halogens is 1. The number of hydrogen-bond acceptors (Lipinski definition) is 4. The lowest BCUT2D eigenvalue weighted by atomic mass is 10.1. The summed E-state index contributed by atoms with van der Waals surface area (Å²) in [5.74, 6) is 0.350.